The number of nitro benzene ring substituents is 1. The molecule has 7 heteroatoms. The normalized spacial score (nSPS) is 10.2. The molecule has 0 unspecified atom stereocenters. The van der Waals surface area contributed by atoms with Crippen LogP contribution in [0.25, 0.3) is 0 Å². The molecule has 114 valence electrons. The molecule has 0 saturated carbocycles. The summed E-state index contributed by atoms with van der Waals surface area (Å²) in [5.41, 5.74) is 0.277. The molecule has 0 aliphatic heterocycles. The fourth-order valence-electron chi connectivity index (χ4n) is 1.71. The second-order valence-electron chi connectivity index (χ2n) is 4.26. The Morgan fingerprint density at radius 1 is 1.27 bits per heavy atom. The van der Waals surface area contributed by atoms with E-state index < -0.39 is 10.9 Å². The van der Waals surface area contributed by atoms with Gasteiger partial charge in [0.2, 0.25) is 0 Å². The van der Waals surface area contributed by atoms with E-state index in [4.69, 9.17) is 4.74 Å². The third kappa shape index (κ3) is 3.76. The van der Waals surface area contributed by atoms with Gasteiger partial charge in [-0.15, -0.1) is 0 Å². The number of hydrogen-bond donors (Lipinski definition) is 1. The van der Waals surface area contributed by atoms with Gasteiger partial charge < -0.3 is 9.84 Å². The molecule has 0 radical (unpaired) electrons. The Bertz CT molecular complexity index is 700. The maximum absolute atomic E-state index is 11.6. The van der Waals surface area contributed by atoms with E-state index in [1.807, 2.05) is 0 Å². The lowest BCUT2D eigenvalue weighted by Gasteiger charge is -2.07. The first-order chi connectivity index (χ1) is 10.5. The Hall–Kier alpha value is -2.54. The summed E-state index contributed by atoms with van der Waals surface area (Å²) in [5, 5.41) is 20.6. The summed E-state index contributed by atoms with van der Waals surface area (Å²) in [6.07, 6.45) is 0. The highest BCUT2D eigenvalue weighted by molar-refractivity contribution is 7.99. The lowest BCUT2D eigenvalue weighted by molar-refractivity contribution is -0.384. The van der Waals surface area contributed by atoms with Gasteiger partial charge in [0.25, 0.3) is 5.69 Å². The number of carbonyl (C=O) groups excluding carboxylic acids is 1. The Kier molecular flexibility index (Phi) is 5.00. The second kappa shape index (κ2) is 6.95. The number of nitrogens with zero attached hydrogens (tertiary/aromatic N) is 1. The number of esters is 1. The maximum Gasteiger partial charge on any atom is 0.338 e. The van der Waals surface area contributed by atoms with Crippen molar-refractivity contribution >= 4 is 23.4 Å². The highest BCUT2D eigenvalue weighted by atomic mass is 32.2. The van der Waals surface area contributed by atoms with Gasteiger partial charge in [0.1, 0.15) is 5.75 Å². The van der Waals surface area contributed by atoms with Gasteiger partial charge in [-0.1, -0.05) is 11.8 Å². The standard InChI is InChI=1S/C15H13NO5S/c1-2-21-15(18)10-3-8-14(13(17)9-10)22-12-6-4-11(5-7-12)16(19)20/h3-9,17H,2H2,1H3. The van der Waals surface area contributed by atoms with E-state index >= 15 is 0 Å². The van der Waals surface area contributed by atoms with Crippen LogP contribution >= 0.6 is 11.8 Å². The van der Waals surface area contributed by atoms with Gasteiger partial charge in [0, 0.05) is 17.0 Å². The third-order valence-electron chi connectivity index (χ3n) is 2.75. The Morgan fingerprint density at radius 3 is 2.50 bits per heavy atom. The van der Waals surface area contributed by atoms with Gasteiger partial charge in [0.15, 0.2) is 0 Å². The Balaban J connectivity index is 2.16. The highest BCUT2D eigenvalue weighted by Gasteiger charge is 2.11. The first kappa shape index (κ1) is 15.8. The van der Waals surface area contributed by atoms with Crippen molar-refractivity contribution < 1.29 is 19.6 Å². The molecule has 0 aliphatic carbocycles. The zero-order valence-corrected chi connectivity index (χ0v) is 12.5. The number of phenolic OH excluding ortho intramolecular Hbond substituents is 1. The van der Waals surface area contributed by atoms with Crippen molar-refractivity contribution in [3.63, 3.8) is 0 Å². The molecule has 0 heterocycles. The third-order valence-corrected chi connectivity index (χ3v) is 3.82. The van der Waals surface area contributed by atoms with E-state index in [1.165, 1.54) is 30.0 Å². The minimum Gasteiger partial charge on any atom is -0.507 e. The average molecular weight is 319 g/mol. The van der Waals surface area contributed by atoms with E-state index in [0.29, 0.717) is 4.90 Å². The van der Waals surface area contributed by atoms with Crippen molar-refractivity contribution in [1.29, 1.82) is 0 Å². The second-order valence-corrected chi connectivity index (χ2v) is 5.37. The molecular formula is C15H13NO5S. The minimum absolute atomic E-state index is 0.00577. The molecule has 0 spiro atoms. The SMILES string of the molecule is CCOC(=O)c1ccc(Sc2ccc([N+](=O)[O-])cc2)c(O)c1. The number of hydrogen-bond acceptors (Lipinski definition) is 6. The molecule has 0 aliphatic rings. The van der Waals surface area contributed by atoms with Crippen molar-refractivity contribution in [2.24, 2.45) is 0 Å². The molecule has 2 aromatic rings. The topological polar surface area (TPSA) is 89.7 Å². The molecule has 1 N–H and O–H groups in total. The summed E-state index contributed by atoms with van der Waals surface area (Å²) in [6, 6.07) is 10.5. The van der Waals surface area contributed by atoms with Gasteiger partial charge in [-0.3, -0.25) is 10.1 Å². The summed E-state index contributed by atoms with van der Waals surface area (Å²) >= 11 is 1.24. The quantitative estimate of drug-likeness (QED) is 0.514. The van der Waals surface area contributed by atoms with Crippen LogP contribution in [0.4, 0.5) is 5.69 Å². The molecule has 0 aromatic heterocycles. The summed E-state index contributed by atoms with van der Waals surface area (Å²) in [4.78, 5) is 23.0. The summed E-state index contributed by atoms with van der Waals surface area (Å²) in [6.45, 7) is 1.97. The first-order valence-electron chi connectivity index (χ1n) is 6.43. The lowest BCUT2D eigenvalue weighted by Crippen LogP contribution is -2.04. The fraction of sp³-hybridized carbons (Fsp3) is 0.133. The highest BCUT2D eigenvalue weighted by Crippen LogP contribution is 2.35. The maximum atomic E-state index is 11.6. The lowest BCUT2D eigenvalue weighted by atomic mass is 10.2. The van der Waals surface area contributed by atoms with Gasteiger partial charge in [0.05, 0.1) is 22.0 Å². The fourth-order valence-corrected chi connectivity index (χ4v) is 2.53. The Labute approximate surface area is 130 Å². The van der Waals surface area contributed by atoms with Crippen LogP contribution in [0.2, 0.25) is 0 Å². The number of ether oxygens (including phenoxy) is 1. The average Bonchev–Trinajstić information content (AvgIpc) is 2.50. The van der Waals surface area contributed by atoms with Crippen LogP contribution in [0.1, 0.15) is 17.3 Å². The smallest absolute Gasteiger partial charge is 0.338 e. The summed E-state index contributed by atoms with van der Waals surface area (Å²) in [7, 11) is 0. The molecule has 0 atom stereocenters. The molecule has 0 bridgehead atoms. The molecule has 2 aromatic carbocycles. The summed E-state index contributed by atoms with van der Waals surface area (Å²) in [5.74, 6) is -0.543. The van der Waals surface area contributed by atoms with Crippen LogP contribution in [-0.4, -0.2) is 22.6 Å². The minimum atomic E-state index is -0.496. The van der Waals surface area contributed by atoms with Crippen molar-refractivity contribution in [2.45, 2.75) is 16.7 Å². The Morgan fingerprint density at radius 2 is 1.95 bits per heavy atom. The van der Waals surface area contributed by atoms with Crippen LogP contribution < -0.4 is 0 Å². The van der Waals surface area contributed by atoms with Gasteiger partial charge in [-0.2, -0.15) is 0 Å². The zero-order valence-electron chi connectivity index (χ0n) is 11.7. The van der Waals surface area contributed by atoms with E-state index in [1.54, 1.807) is 31.2 Å². The largest absolute Gasteiger partial charge is 0.507 e. The number of nitro groups is 1. The van der Waals surface area contributed by atoms with Crippen LogP contribution in [-0.2, 0) is 4.74 Å². The molecule has 22 heavy (non-hydrogen) atoms. The number of benzene rings is 2. The van der Waals surface area contributed by atoms with Gasteiger partial charge >= 0.3 is 5.97 Å². The number of non-ortho nitro benzene ring substituents is 1. The molecule has 0 amide bonds. The van der Waals surface area contributed by atoms with E-state index in [9.17, 15) is 20.0 Å². The predicted molar refractivity (Wildman–Crippen MR) is 81.3 cm³/mol. The van der Waals surface area contributed by atoms with E-state index in [2.05, 4.69) is 0 Å². The monoisotopic (exact) mass is 319 g/mol. The van der Waals surface area contributed by atoms with Crippen molar-refractivity contribution in [1.82, 2.24) is 0 Å². The van der Waals surface area contributed by atoms with Crippen LogP contribution in [0.3, 0.4) is 0 Å². The first-order valence-corrected chi connectivity index (χ1v) is 7.25. The number of carbonyl (C=O) groups is 1. The zero-order chi connectivity index (χ0) is 16.1. The number of aromatic hydroxyl groups is 1. The van der Waals surface area contributed by atoms with Crippen molar-refractivity contribution in [3.05, 3.63) is 58.1 Å². The van der Waals surface area contributed by atoms with E-state index in [0.717, 1.165) is 4.90 Å². The van der Waals surface area contributed by atoms with Crippen molar-refractivity contribution in [2.75, 3.05) is 6.61 Å². The van der Waals surface area contributed by atoms with Crippen LogP contribution in [0.15, 0.2) is 52.3 Å². The molecular weight excluding hydrogens is 306 g/mol. The summed E-state index contributed by atoms with van der Waals surface area (Å²) < 4.78 is 4.86. The van der Waals surface area contributed by atoms with Gasteiger partial charge in [-0.25, -0.2) is 4.79 Å². The number of rotatable bonds is 5. The molecule has 6 nitrogen and oxygen atoms in total. The molecule has 0 fully saturated rings. The van der Waals surface area contributed by atoms with Crippen LogP contribution in [0.5, 0.6) is 5.75 Å². The predicted octanol–water partition coefficient (Wildman–Crippen LogP) is 3.63. The van der Waals surface area contributed by atoms with Crippen LogP contribution in [0, 0.1) is 10.1 Å². The number of phenols is 1. The molecule has 0 saturated heterocycles. The van der Waals surface area contributed by atoms with Gasteiger partial charge in [-0.05, 0) is 37.3 Å². The van der Waals surface area contributed by atoms with E-state index in [-0.39, 0.29) is 23.6 Å². The molecule has 2 rings (SSSR count). The van der Waals surface area contributed by atoms with Crippen molar-refractivity contribution in [3.8, 4) is 5.75 Å².